The maximum absolute atomic E-state index is 5.97. The van der Waals surface area contributed by atoms with E-state index >= 15 is 0 Å². The van der Waals surface area contributed by atoms with Gasteiger partial charge in [-0.25, -0.2) is 0 Å². The smallest absolute Gasteiger partial charge is 0.501 e. The number of hydrogen-bond acceptors (Lipinski definition) is 4. The second-order valence-electron chi connectivity index (χ2n) is 13.9. The summed E-state index contributed by atoms with van der Waals surface area (Å²) in [6.45, 7) is 4.21. The first-order chi connectivity index (χ1) is 28.1. The first-order valence-corrected chi connectivity index (χ1v) is 18.9. The van der Waals surface area contributed by atoms with Crippen LogP contribution in [0.3, 0.4) is 0 Å². The number of fused-ring (bicyclic) bond motifs is 8. The monoisotopic (exact) mass is 923 g/mol. The summed E-state index contributed by atoms with van der Waals surface area (Å²) in [4.78, 5) is 13.3. The molecule has 0 bridgehead atoms. The number of furan rings is 1. The van der Waals surface area contributed by atoms with Gasteiger partial charge in [0, 0.05) is 24.0 Å². The summed E-state index contributed by atoms with van der Waals surface area (Å²) >= 11 is 0. The third-order valence-electron chi connectivity index (χ3n) is 9.98. The van der Waals surface area contributed by atoms with Gasteiger partial charge in [-0.3, -0.25) is 0 Å². The summed E-state index contributed by atoms with van der Waals surface area (Å²) < 4.78 is 5.97. The van der Waals surface area contributed by atoms with E-state index in [1.165, 1.54) is 37.9 Å². The van der Waals surface area contributed by atoms with Gasteiger partial charge in [-0.1, -0.05) is 116 Å². The molecule has 58 heavy (non-hydrogen) atoms. The van der Waals surface area contributed by atoms with Crippen LogP contribution in [0.25, 0.3) is 88.0 Å². The van der Waals surface area contributed by atoms with E-state index in [9.17, 15) is 0 Å². The SMILES string of the molecule is Cc1[c-]c(-c2nccc3c2ccc2c4ccccc4ccc32)cc(C)c1.[Ir+3].[c-]1ccc2c(oc3ccccc32)c1-c1ccccn1.[c-]1ccccc1-c1ccccn1. The molecule has 4 heterocycles. The van der Waals surface area contributed by atoms with Crippen LogP contribution < -0.4 is 0 Å². The Morgan fingerprint density at radius 1 is 0.466 bits per heavy atom. The minimum atomic E-state index is 0. The van der Waals surface area contributed by atoms with Gasteiger partial charge in [0.05, 0.1) is 5.58 Å². The van der Waals surface area contributed by atoms with Crippen LogP contribution in [0.1, 0.15) is 11.1 Å². The Morgan fingerprint density at radius 3 is 1.93 bits per heavy atom. The van der Waals surface area contributed by atoms with E-state index in [0.717, 1.165) is 61.3 Å². The molecule has 0 N–H and O–H groups in total. The number of benzene rings is 7. The molecule has 0 fully saturated rings. The van der Waals surface area contributed by atoms with Crippen LogP contribution in [-0.2, 0) is 20.1 Å². The van der Waals surface area contributed by atoms with Gasteiger partial charge in [0.25, 0.3) is 0 Å². The number of rotatable bonds is 3. The van der Waals surface area contributed by atoms with Gasteiger partial charge >= 0.3 is 20.1 Å². The fourth-order valence-corrected chi connectivity index (χ4v) is 7.46. The molecule has 5 heteroatoms. The molecule has 4 nitrogen and oxygen atoms in total. The van der Waals surface area contributed by atoms with E-state index in [4.69, 9.17) is 9.40 Å². The van der Waals surface area contributed by atoms with Crippen molar-refractivity contribution in [3.63, 3.8) is 0 Å². The Morgan fingerprint density at radius 2 is 1.16 bits per heavy atom. The fourth-order valence-electron chi connectivity index (χ4n) is 7.46. The number of para-hydroxylation sites is 1. The number of aromatic nitrogens is 3. The summed E-state index contributed by atoms with van der Waals surface area (Å²) in [6, 6.07) is 65.3. The van der Waals surface area contributed by atoms with Gasteiger partial charge in [-0.05, 0) is 73.7 Å². The van der Waals surface area contributed by atoms with Gasteiger partial charge in [-0.15, -0.1) is 89.0 Å². The van der Waals surface area contributed by atoms with Gasteiger partial charge in [-0.2, -0.15) is 0 Å². The fraction of sp³-hybridized carbons (Fsp3) is 0.0377. The van der Waals surface area contributed by atoms with Gasteiger partial charge in [0.2, 0.25) is 0 Å². The van der Waals surface area contributed by atoms with Crippen LogP contribution in [0.15, 0.2) is 187 Å². The van der Waals surface area contributed by atoms with E-state index < -0.39 is 0 Å². The Labute approximate surface area is 351 Å². The molecule has 0 aliphatic rings. The van der Waals surface area contributed by atoms with E-state index in [1.807, 2.05) is 97.2 Å². The number of pyridine rings is 3. The molecular formula is C53H36IrN3O. The largest absolute Gasteiger partial charge is 3.00 e. The summed E-state index contributed by atoms with van der Waals surface area (Å²) in [5.41, 5.74) is 10.00. The molecule has 0 saturated heterocycles. The zero-order valence-electron chi connectivity index (χ0n) is 31.9. The van der Waals surface area contributed by atoms with Gasteiger partial charge < -0.3 is 19.4 Å². The second kappa shape index (κ2) is 17.2. The molecule has 0 unspecified atom stereocenters. The zero-order chi connectivity index (χ0) is 38.6. The maximum Gasteiger partial charge on any atom is 3.00 e. The van der Waals surface area contributed by atoms with Crippen LogP contribution in [0.5, 0.6) is 0 Å². The molecule has 7 aromatic carbocycles. The Bertz CT molecular complexity index is 3090. The van der Waals surface area contributed by atoms with E-state index in [-0.39, 0.29) is 20.1 Å². The van der Waals surface area contributed by atoms with Crippen molar-refractivity contribution in [1.82, 2.24) is 15.0 Å². The second-order valence-corrected chi connectivity index (χ2v) is 13.9. The normalized spacial score (nSPS) is 10.8. The third-order valence-corrected chi connectivity index (χ3v) is 9.98. The molecule has 0 aliphatic heterocycles. The van der Waals surface area contributed by atoms with Crippen molar-refractivity contribution in [2.45, 2.75) is 13.8 Å². The molecule has 0 aliphatic carbocycles. The minimum Gasteiger partial charge on any atom is -0.501 e. The summed E-state index contributed by atoms with van der Waals surface area (Å²) in [5.74, 6) is 0. The van der Waals surface area contributed by atoms with Gasteiger partial charge in [0.1, 0.15) is 5.58 Å². The number of nitrogens with zero attached hydrogens (tertiary/aromatic N) is 3. The average Bonchev–Trinajstić information content (AvgIpc) is 3.66. The Hall–Kier alpha value is -6.78. The van der Waals surface area contributed by atoms with E-state index in [1.54, 1.807) is 12.4 Å². The third kappa shape index (κ3) is 7.79. The predicted molar refractivity (Wildman–Crippen MR) is 235 cm³/mol. The molecule has 278 valence electrons. The Balaban J connectivity index is 0.000000129. The molecule has 0 saturated carbocycles. The van der Waals surface area contributed by atoms with Crippen LogP contribution in [0, 0.1) is 32.0 Å². The predicted octanol–water partition coefficient (Wildman–Crippen LogP) is 13.6. The summed E-state index contributed by atoms with van der Waals surface area (Å²) in [6.07, 6.45) is 5.48. The van der Waals surface area contributed by atoms with Crippen molar-refractivity contribution in [1.29, 1.82) is 0 Å². The van der Waals surface area contributed by atoms with E-state index in [2.05, 4.69) is 115 Å². The molecule has 0 spiro atoms. The van der Waals surface area contributed by atoms with Crippen molar-refractivity contribution in [2.75, 3.05) is 0 Å². The topological polar surface area (TPSA) is 51.8 Å². The van der Waals surface area contributed by atoms with Crippen molar-refractivity contribution in [2.24, 2.45) is 0 Å². The Kier molecular flexibility index (Phi) is 11.3. The molecule has 11 aromatic rings. The summed E-state index contributed by atoms with van der Waals surface area (Å²) in [7, 11) is 0. The molecule has 0 atom stereocenters. The molecule has 11 rings (SSSR count). The first kappa shape index (κ1) is 38.1. The summed E-state index contributed by atoms with van der Waals surface area (Å²) in [5, 5.41) is 9.78. The van der Waals surface area contributed by atoms with Crippen molar-refractivity contribution >= 4 is 54.3 Å². The first-order valence-electron chi connectivity index (χ1n) is 18.9. The van der Waals surface area contributed by atoms with Crippen molar-refractivity contribution in [3.05, 3.63) is 212 Å². The van der Waals surface area contributed by atoms with Gasteiger partial charge in [0.15, 0.2) is 0 Å². The standard InChI is InChI=1S/C25H18N.C17H10NO.C11H8N.Ir/c1-16-13-17(2)15-19(14-16)25-24-10-9-21-20-6-4-3-5-18(20)7-8-22(21)23(24)11-12-26-25;1-2-10-16-12(6-1)13-7-5-8-14(17(13)19-16)15-9-3-4-11-18-15;1-2-6-10(7-3-1)11-8-4-5-9-12-11;/h3-14H,1-2H3;1-7,9-11H;1-6,8-9H;/q3*-1;+3. The minimum absolute atomic E-state index is 0. The van der Waals surface area contributed by atoms with Crippen LogP contribution in [0.2, 0.25) is 0 Å². The van der Waals surface area contributed by atoms with Crippen molar-refractivity contribution < 1.29 is 24.5 Å². The maximum atomic E-state index is 5.97. The zero-order valence-corrected chi connectivity index (χ0v) is 34.3. The average molecular weight is 923 g/mol. The number of aryl methyl sites for hydroxylation is 2. The molecule has 4 aromatic heterocycles. The molecule has 0 radical (unpaired) electrons. The van der Waals surface area contributed by atoms with Crippen LogP contribution >= 0.6 is 0 Å². The molecule has 0 amide bonds. The van der Waals surface area contributed by atoms with Crippen LogP contribution in [0.4, 0.5) is 0 Å². The quantitative estimate of drug-likeness (QED) is 0.131. The molecular weight excluding hydrogens is 887 g/mol. The van der Waals surface area contributed by atoms with Crippen LogP contribution in [-0.4, -0.2) is 15.0 Å². The van der Waals surface area contributed by atoms with E-state index in [0.29, 0.717) is 0 Å². The van der Waals surface area contributed by atoms with Crippen molar-refractivity contribution in [3.8, 4) is 33.8 Å². The number of hydrogen-bond donors (Lipinski definition) is 0.